The summed E-state index contributed by atoms with van der Waals surface area (Å²) in [6, 6.07) is 2.26. The lowest BCUT2D eigenvalue weighted by Crippen LogP contribution is -2.28. The van der Waals surface area contributed by atoms with Crippen LogP contribution in [-0.4, -0.2) is 23.0 Å². The third-order valence-corrected chi connectivity index (χ3v) is 3.25. The molecule has 0 fully saturated rings. The second-order valence-electron chi connectivity index (χ2n) is 4.78. The highest BCUT2D eigenvalue weighted by Gasteiger charge is 2.12. The SMILES string of the molecule is CCN(Cc1ncc(C)c(N)c1C)CC(C)C#N. The van der Waals surface area contributed by atoms with Crippen LogP contribution in [0.5, 0.6) is 0 Å². The Bertz CT molecular complexity index is 448. The van der Waals surface area contributed by atoms with E-state index in [4.69, 9.17) is 11.0 Å². The summed E-state index contributed by atoms with van der Waals surface area (Å²) >= 11 is 0. The molecule has 1 atom stereocenters. The molecule has 1 heterocycles. The largest absolute Gasteiger partial charge is 0.398 e. The Kier molecular flexibility index (Phi) is 5.11. The fourth-order valence-corrected chi connectivity index (χ4v) is 1.90. The molecule has 18 heavy (non-hydrogen) atoms. The topological polar surface area (TPSA) is 65.9 Å². The van der Waals surface area contributed by atoms with E-state index in [9.17, 15) is 0 Å². The first-order chi connectivity index (χ1) is 8.49. The van der Waals surface area contributed by atoms with Gasteiger partial charge in [0.2, 0.25) is 0 Å². The molecule has 0 amide bonds. The van der Waals surface area contributed by atoms with Crippen LogP contribution in [0.4, 0.5) is 5.69 Å². The fraction of sp³-hybridized carbons (Fsp3) is 0.571. The first-order valence-corrected chi connectivity index (χ1v) is 6.32. The van der Waals surface area contributed by atoms with Gasteiger partial charge in [-0.15, -0.1) is 0 Å². The zero-order valence-electron chi connectivity index (χ0n) is 11.7. The van der Waals surface area contributed by atoms with E-state index >= 15 is 0 Å². The standard InChI is InChI=1S/C14H22N4/c1-5-18(8-10(2)6-15)9-13-12(4)14(16)11(3)7-17-13/h7,10H,5,8-9H2,1-4H3,(H2,16,17). The molecule has 0 aliphatic heterocycles. The summed E-state index contributed by atoms with van der Waals surface area (Å²) in [4.78, 5) is 6.68. The molecule has 0 radical (unpaired) electrons. The third kappa shape index (κ3) is 3.44. The maximum atomic E-state index is 8.87. The molecule has 2 N–H and O–H groups in total. The van der Waals surface area contributed by atoms with E-state index in [0.717, 1.165) is 42.1 Å². The minimum Gasteiger partial charge on any atom is -0.398 e. The summed E-state index contributed by atoms with van der Waals surface area (Å²) in [5.41, 5.74) is 9.92. The molecule has 0 saturated carbocycles. The smallest absolute Gasteiger partial charge is 0.0666 e. The fourth-order valence-electron chi connectivity index (χ4n) is 1.90. The highest BCUT2D eigenvalue weighted by molar-refractivity contribution is 5.53. The van der Waals surface area contributed by atoms with E-state index in [-0.39, 0.29) is 5.92 Å². The van der Waals surface area contributed by atoms with Crippen molar-refractivity contribution in [1.82, 2.24) is 9.88 Å². The van der Waals surface area contributed by atoms with Gasteiger partial charge in [0.1, 0.15) is 0 Å². The average molecular weight is 246 g/mol. The molecule has 0 saturated heterocycles. The Morgan fingerprint density at radius 1 is 1.50 bits per heavy atom. The van der Waals surface area contributed by atoms with Gasteiger partial charge in [0, 0.05) is 25.0 Å². The van der Waals surface area contributed by atoms with Crippen LogP contribution >= 0.6 is 0 Å². The summed E-state index contributed by atoms with van der Waals surface area (Å²) in [6.45, 7) is 10.4. The number of nitriles is 1. The maximum absolute atomic E-state index is 8.87. The van der Waals surface area contributed by atoms with Crippen LogP contribution in [0.25, 0.3) is 0 Å². The number of hydrogen-bond donors (Lipinski definition) is 1. The van der Waals surface area contributed by atoms with Crippen LogP contribution in [0.1, 0.15) is 30.7 Å². The molecule has 1 rings (SSSR count). The molecule has 4 heteroatoms. The summed E-state index contributed by atoms with van der Waals surface area (Å²) < 4.78 is 0. The molecule has 0 aliphatic carbocycles. The van der Waals surface area contributed by atoms with Crippen molar-refractivity contribution in [3.8, 4) is 6.07 Å². The molecule has 0 aliphatic rings. The van der Waals surface area contributed by atoms with Crippen molar-refractivity contribution in [2.24, 2.45) is 5.92 Å². The number of nitrogens with zero attached hydrogens (tertiary/aromatic N) is 3. The van der Waals surface area contributed by atoms with Gasteiger partial charge in [-0.25, -0.2) is 0 Å². The first kappa shape index (κ1) is 14.5. The summed E-state index contributed by atoms with van der Waals surface area (Å²) in [7, 11) is 0. The molecule has 98 valence electrons. The normalized spacial score (nSPS) is 12.4. The van der Waals surface area contributed by atoms with Gasteiger partial charge in [-0.3, -0.25) is 9.88 Å². The molecular weight excluding hydrogens is 224 g/mol. The van der Waals surface area contributed by atoms with Crippen LogP contribution in [-0.2, 0) is 6.54 Å². The average Bonchev–Trinajstić information content (AvgIpc) is 2.38. The predicted octanol–water partition coefficient (Wildman–Crippen LogP) is 2.26. The lowest BCUT2D eigenvalue weighted by Gasteiger charge is -2.22. The molecule has 4 nitrogen and oxygen atoms in total. The van der Waals surface area contributed by atoms with E-state index in [1.807, 2.05) is 27.0 Å². The van der Waals surface area contributed by atoms with Gasteiger partial charge in [0.25, 0.3) is 0 Å². The Morgan fingerprint density at radius 2 is 2.17 bits per heavy atom. The number of aromatic nitrogens is 1. The second kappa shape index (κ2) is 6.36. The Hall–Kier alpha value is -1.60. The van der Waals surface area contributed by atoms with Crippen LogP contribution in [0, 0.1) is 31.1 Å². The van der Waals surface area contributed by atoms with Crippen molar-refractivity contribution in [3.63, 3.8) is 0 Å². The van der Waals surface area contributed by atoms with Crippen LogP contribution < -0.4 is 5.73 Å². The highest BCUT2D eigenvalue weighted by atomic mass is 15.1. The molecule has 0 aromatic carbocycles. The quantitative estimate of drug-likeness (QED) is 0.865. The molecule has 1 aromatic rings. The van der Waals surface area contributed by atoms with Crippen LogP contribution in [0.2, 0.25) is 0 Å². The van der Waals surface area contributed by atoms with E-state index in [1.54, 1.807) is 0 Å². The first-order valence-electron chi connectivity index (χ1n) is 6.32. The van der Waals surface area contributed by atoms with Crippen molar-refractivity contribution in [3.05, 3.63) is 23.0 Å². The monoisotopic (exact) mass is 246 g/mol. The molecule has 0 bridgehead atoms. The Balaban J connectivity index is 2.83. The van der Waals surface area contributed by atoms with Gasteiger partial charge in [-0.2, -0.15) is 5.26 Å². The number of aryl methyl sites for hydroxylation is 1. The lowest BCUT2D eigenvalue weighted by molar-refractivity contribution is 0.257. The van der Waals surface area contributed by atoms with Gasteiger partial charge in [0.15, 0.2) is 0 Å². The number of nitrogens with two attached hydrogens (primary N) is 1. The minimum atomic E-state index is 0.0352. The van der Waals surface area contributed by atoms with Crippen LogP contribution in [0.3, 0.4) is 0 Å². The highest BCUT2D eigenvalue weighted by Crippen LogP contribution is 2.19. The van der Waals surface area contributed by atoms with E-state index in [2.05, 4.69) is 22.9 Å². The van der Waals surface area contributed by atoms with Crippen molar-refractivity contribution in [1.29, 1.82) is 5.26 Å². The van der Waals surface area contributed by atoms with E-state index in [0.29, 0.717) is 0 Å². The molecule has 0 spiro atoms. The number of pyridine rings is 1. The van der Waals surface area contributed by atoms with Crippen molar-refractivity contribution >= 4 is 5.69 Å². The zero-order chi connectivity index (χ0) is 13.7. The van der Waals surface area contributed by atoms with E-state index < -0.39 is 0 Å². The summed E-state index contributed by atoms with van der Waals surface area (Å²) in [5.74, 6) is 0.0352. The van der Waals surface area contributed by atoms with Crippen molar-refractivity contribution < 1.29 is 0 Å². The summed E-state index contributed by atoms with van der Waals surface area (Å²) in [5, 5.41) is 8.87. The van der Waals surface area contributed by atoms with Crippen molar-refractivity contribution in [2.45, 2.75) is 34.2 Å². The van der Waals surface area contributed by atoms with Gasteiger partial charge in [-0.1, -0.05) is 6.92 Å². The van der Waals surface area contributed by atoms with E-state index in [1.165, 1.54) is 0 Å². The third-order valence-electron chi connectivity index (χ3n) is 3.25. The number of nitrogen functional groups attached to an aromatic ring is 1. The number of hydrogen-bond acceptors (Lipinski definition) is 4. The maximum Gasteiger partial charge on any atom is 0.0666 e. The lowest BCUT2D eigenvalue weighted by atomic mass is 10.1. The molecular formula is C14H22N4. The predicted molar refractivity (Wildman–Crippen MR) is 73.9 cm³/mol. The van der Waals surface area contributed by atoms with Gasteiger partial charge >= 0.3 is 0 Å². The number of anilines is 1. The molecule has 1 unspecified atom stereocenters. The van der Waals surface area contributed by atoms with Gasteiger partial charge < -0.3 is 5.73 Å². The number of rotatable bonds is 5. The zero-order valence-corrected chi connectivity index (χ0v) is 11.7. The molecule has 1 aromatic heterocycles. The van der Waals surface area contributed by atoms with Crippen molar-refractivity contribution in [2.75, 3.05) is 18.8 Å². The second-order valence-corrected chi connectivity index (χ2v) is 4.78. The summed E-state index contributed by atoms with van der Waals surface area (Å²) in [6.07, 6.45) is 1.82. The van der Waals surface area contributed by atoms with Crippen LogP contribution in [0.15, 0.2) is 6.20 Å². The Morgan fingerprint density at radius 3 is 2.72 bits per heavy atom. The minimum absolute atomic E-state index is 0.0352. The van der Waals surface area contributed by atoms with Gasteiger partial charge in [0.05, 0.1) is 17.7 Å². The van der Waals surface area contributed by atoms with Gasteiger partial charge in [-0.05, 0) is 38.4 Å². The Labute approximate surface area is 109 Å².